The van der Waals surface area contributed by atoms with Crippen molar-refractivity contribution in [3.63, 3.8) is 0 Å². The molecule has 0 bridgehead atoms. The number of nitrogens with one attached hydrogen (secondary N) is 2. The second-order valence-corrected chi connectivity index (χ2v) is 8.70. The molecule has 5 rings (SSSR count). The molecular weight excluding hydrogens is 388 g/mol. The number of hydrogen-bond donors (Lipinski definition) is 2. The standard InChI is InChI=1S/C24H28N6O/c1-5-29(6-2)11-12-30-20-14-19-18(13-16(20)24(3,4)23(30)31)25-22(26-19)21-15-9-7-8-10-17(15)27-28-21/h7-10,13-14H,5-6,11-12H2,1-4H3,(H,25,26)(H,27,28). The number of H-pyrrole nitrogens is 2. The van der Waals surface area contributed by atoms with E-state index in [4.69, 9.17) is 4.98 Å². The zero-order valence-electron chi connectivity index (χ0n) is 18.5. The molecule has 0 spiro atoms. The fourth-order valence-corrected chi connectivity index (χ4v) is 4.59. The molecule has 2 aromatic carbocycles. The number of rotatable bonds is 6. The van der Waals surface area contributed by atoms with E-state index in [0.29, 0.717) is 6.54 Å². The van der Waals surface area contributed by atoms with Gasteiger partial charge in [0.1, 0.15) is 5.69 Å². The number of aromatic nitrogens is 4. The van der Waals surface area contributed by atoms with Gasteiger partial charge >= 0.3 is 0 Å². The average Bonchev–Trinajstić information content (AvgIpc) is 3.42. The monoisotopic (exact) mass is 416 g/mol. The summed E-state index contributed by atoms with van der Waals surface area (Å²) in [5, 5.41) is 8.58. The zero-order chi connectivity index (χ0) is 21.8. The Hall–Kier alpha value is -3.19. The number of nitrogens with zero attached hydrogens (tertiary/aromatic N) is 4. The molecule has 0 unspecified atom stereocenters. The second kappa shape index (κ2) is 7.20. The number of fused-ring (bicyclic) bond motifs is 3. The number of likely N-dealkylation sites (N-methyl/N-ethyl adjacent to an activating group) is 1. The third-order valence-electron chi connectivity index (χ3n) is 6.57. The number of carbonyl (C=O) groups excluding carboxylic acids is 1. The predicted octanol–water partition coefficient (Wildman–Crippen LogP) is 4.07. The number of anilines is 1. The van der Waals surface area contributed by atoms with Crippen LogP contribution >= 0.6 is 0 Å². The molecule has 1 aliphatic heterocycles. The summed E-state index contributed by atoms with van der Waals surface area (Å²) in [5.74, 6) is 0.885. The first-order valence-electron chi connectivity index (χ1n) is 11.0. The minimum atomic E-state index is -0.558. The summed E-state index contributed by atoms with van der Waals surface area (Å²) in [6, 6.07) is 12.2. The Kier molecular flexibility index (Phi) is 4.59. The summed E-state index contributed by atoms with van der Waals surface area (Å²) in [4.78, 5) is 25.8. The molecule has 7 heteroatoms. The van der Waals surface area contributed by atoms with E-state index in [1.807, 2.05) is 49.1 Å². The first-order valence-corrected chi connectivity index (χ1v) is 11.0. The van der Waals surface area contributed by atoms with E-state index in [9.17, 15) is 4.79 Å². The van der Waals surface area contributed by atoms with Gasteiger partial charge in [0.25, 0.3) is 0 Å². The highest BCUT2D eigenvalue weighted by atomic mass is 16.2. The molecule has 0 saturated heterocycles. The van der Waals surface area contributed by atoms with Crippen molar-refractivity contribution >= 4 is 33.5 Å². The van der Waals surface area contributed by atoms with Gasteiger partial charge in [-0.25, -0.2) is 4.98 Å². The Balaban J connectivity index is 1.57. The minimum absolute atomic E-state index is 0.154. The largest absolute Gasteiger partial charge is 0.337 e. The maximum atomic E-state index is 13.2. The molecule has 3 heterocycles. The van der Waals surface area contributed by atoms with E-state index < -0.39 is 5.41 Å². The lowest BCUT2D eigenvalue weighted by Crippen LogP contribution is -2.41. The smallest absolute Gasteiger partial charge is 0.237 e. The molecule has 0 radical (unpaired) electrons. The number of para-hydroxylation sites is 1. The minimum Gasteiger partial charge on any atom is -0.337 e. The Morgan fingerprint density at radius 1 is 1.10 bits per heavy atom. The first kappa shape index (κ1) is 19.8. The van der Waals surface area contributed by atoms with Crippen LogP contribution < -0.4 is 4.90 Å². The van der Waals surface area contributed by atoms with Crippen molar-refractivity contribution in [2.75, 3.05) is 31.1 Å². The summed E-state index contributed by atoms with van der Waals surface area (Å²) < 4.78 is 0. The van der Waals surface area contributed by atoms with Gasteiger partial charge in [-0.2, -0.15) is 5.10 Å². The van der Waals surface area contributed by atoms with Crippen LogP contribution in [0.15, 0.2) is 36.4 Å². The van der Waals surface area contributed by atoms with Gasteiger partial charge in [0.2, 0.25) is 5.91 Å². The van der Waals surface area contributed by atoms with Crippen molar-refractivity contribution in [3.05, 3.63) is 42.0 Å². The summed E-state index contributed by atoms with van der Waals surface area (Å²) in [7, 11) is 0. The molecule has 2 aromatic heterocycles. The second-order valence-electron chi connectivity index (χ2n) is 8.70. The first-order chi connectivity index (χ1) is 14.9. The molecule has 7 nitrogen and oxygen atoms in total. The Morgan fingerprint density at radius 3 is 2.65 bits per heavy atom. The normalized spacial score (nSPS) is 15.5. The van der Waals surface area contributed by atoms with E-state index in [-0.39, 0.29) is 5.91 Å². The van der Waals surface area contributed by atoms with Gasteiger partial charge in [0.15, 0.2) is 5.82 Å². The third-order valence-corrected chi connectivity index (χ3v) is 6.57. The van der Waals surface area contributed by atoms with Crippen LogP contribution in [0.1, 0.15) is 33.3 Å². The van der Waals surface area contributed by atoms with Gasteiger partial charge in [0.05, 0.1) is 27.7 Å². The highest BCUT2D eigenvalue weighted by molar-refractivity contribution is 6.09. The van der Waals surface area contributed by atoms with Crippen LogP contribution in [0.4, 0.5) is 5.69 Å². The van der Waals surface area contributed by atoms with Gasteiger partial charge in [-0.1, -0.05) is 32.0 Å². The summed E-state index contributed by atoms with van der Waals surface area (Å²) in [6.07, 6.45) is 0. The number of imidazole rings is 1. The van der Waals surface area contributed by atoms with Crippen molar-refractivity contribution in [1.29, 1.82) is 0 Å². The predicted molar refractivity (Wildman–Crippen MR) is 124 cm³/mol. The van der Waals surface area contributed by atoms with E-state index in [1.165, 1.54) is 0 Å². The number of amides is 1. The Bertz CT molecular complexity index is 1280. The Labute approximate surface area is 181 Å². The van der Waals surface area contributed by atoms with Crippen molar-refractivity contribution in [2.45, 2.75) is 33.1 Å². The summed E-state index contributed by atoms with van der Waals surface area (Å²) >= 11 is 0. The van der Waals surface area contributed by atoms with Crippen LogP contribution in [0, 0.1) is 0 Å². The number of carbonyl (C=O) groups is 1. The fraction of sp³-hybridized carbons (Fsp3) is 0.375. The van der Waals surface area contributed by atoms with Crippen molar-refractivity contribution < 1.29 is 4.79 Å². The maximum absolute atomic E-state index is 13.2. The van der Waals surface area contributed by atoms with Crippen LogP contribution in [0.2, 0.25) is 0 Å². The van der Waals surface area contributed by atoms with E-state index >= 15 is 0 Å². The molecule has 160 valence electrons. The van der Waals surface area contributed by atoms with Crippen molar-refractivity contribution in [3.8, 4) is 11.5 Å². The molecule has 4 aromatic rings. The molecule has 1 aliphatic rings. The van der Waals surface area contributed by atoms with Gasteiger partial charge < -0.3 is 14.8 Å². The summed E-state index contributed by atoms with van der Waals surface area (Å²) in [6.45, 7) is 11.8. The lowest BCUT2D eigenvalue weighted by atomic mass is 9.86. The molecule has 0 fully saturated rings. The van der Waals surface area contributed by atoms with E-state index in [2.05, 4.69) is 40.0 Å². The van der Waals surface area contributed by atoms with Gasteiger partial charge in [-0.3, -0.25) is 9.89 Å². The fourth-order valence-electron chi connectivity index (χ4n) is 4.59. The average molecular weight is 417 g/mol. The lowest BCUT2D eigenvalue weighted by molar-refractivity contribution is -0.122. The maximum Gasteiger partial charge on any atom is 0.237 e. The van der Waals surface area contributed by atoms with E-state index in [1.54, 1.807) is 0 Å². The molecular formula is C24H28N6O. The molecule has 0 atom stereocenters. The number of hydrogen-bond acceptors (Lipinski definition) is 4. The van der Waals surface area contributed by atoms with Gasteiger partial charge in [0, 0.05) is 18.5 Å². The number of benzene rings is 2. The highest BCUT2D eigenvalue weighted by Crippen LogP contribution is 2.43. The number of aromatic amines is 2. The molecule has 0 saturated carbocycles. The molecule has 2 N–H and O–H groups in total. The van der Waals surface area contributed by atoms with Crippen LogP contribution in [0.3, 0.4) is 0 Å². The van der Waals surface area contributed by atoms with Gasteiger partial charge in [-0.05, 0) is 50.7 Å². The van der Waals surface area contributed by atoms with Crippen molar-refractivity contribution in [2.24, 2.45) is 0 Å². The third kappa shape index (κ3) is 3.03. The van der Waals surface area contributed by atoms with Crippen LogP contribution in [0.5, 0.6) is 0 Å². The zero-order valence-corrected chi connectivity index (χ0v) is 18.5. The highest BCUT2D eigenvalue weighted by Gasteiger charge is 2.44. The lowest BCUT2D eigenvalue weighted by Gasteiger charge is -2.24. The quantitative estimate of drug-likeness (QED) is 0.496. The molecule has 31 heavy (non-hydrogen) atoms. The van der Waals surface area contributed by atoms with Gasteiger partial charge in [-0.15, -0.1) is 0 Å². The molecule has 1 amide bonds. The van der Waals surface area contributed by atoms with Crippen LogP contribution in [-0.2, 0) is 10.2 Å². The molecule has 0 aliphatic carbocycles. The SMILES string of the molecule is CCN(CC)CCN1C(=O)C(C)(C)c2cc3[nH]c(-c4n[nH]c5ccccc45)nc3cc21. The topological polar surface area (TPSA) is 80.9 Å². The van der Waals surface area contributed by atoms with Crippen LogP contribution in [-0.4, -0.2) is 57.2 Å². The van der Waals surface area contributed by atoms with E-state index in [0.717, 1.165) is 64.3 Å². The Morgan fingerprint density at radius 2 is 1.87 bits per heavy atom. The van der Waals surface area contributed by atoms with Crippen LogP contribution in [0.25, 0.3) is 33.5 Å². The summed E-state index contributed by atoms with van der Waals surface area (Å²) in [5.41, 5.74) is 5.02. The van der Waals surface area contributed by atoms with Crippen molar-refractivity contribution in [1.82, 2.24) is 25.1 Å².